The number of nitrogens with zero attached hydrogens (tertiary/aromatic N) is 1. The van der Waals surface area contributed by atoms with E-state index in [0.29, 0.717) is 6.54 Å². The molecule has 6 heteroatoms. The maximum absolute atomic E-state index is 12.6. The van der Waals surface area contributed by atoms with Gasteiger partial charge < -0.3 is 10.2 Å². The highest BCUT2D eigenvalue weighted by atomic mass is 32.1. The van der Waals surface area contributed by atoms with E-state index in [0.717, 1.165) is 50.1 Å². The third kappa shape index (κ3) is 3.65. The van der Waals surface area contributed by atoms with E-state index in [1.807, 2.05) is 28.5 Å². The molecule has 4 nitrogen and oxygen atoms in total. The number of likely N-dealkylation sites (tertiary alicyclic amines) is 1. The Morgan fingerprint density at radius 2 is 2.12 bits per heavy atom. The first kappa shape index (κ1) is 16.8. The lowest BCUT2D eigenvalue weighted by Gasteiger charge is -2.21. The molecule has 3 heterocycles. The van der Waals surface area contributed by atoms with Gasteiger partial charge in [0, 0.05) is 28.8 Å². The molecule has 0 spiro atoms. The first-order valence-electron chi connectivity index (χ1n) is 8.91. The molecule has 1 aliphatic heterocycles. The van der Waals surface area contributed by atoms with Gasteiger partial charge in [-0.3, -0.25) is 9.59 Å². The number of hydrogen-bond donors (Lipinski definition) is 1. The molecule has 2 aliphatic rings. The lowest BCUT2D eigenvalue weighted by molar-refractivity contribution is -0.125. The summed E-state index contributed by atoms with van der Waals surface area (Å²) in [7, 11) is 0. The number of carbonyl (C=O) groups excluding carboxylic acids is 2. The molecule has 1 saturated heterocycles. The van der Waals surface area contributed by atoms with Crippen LogP contribution in [-0.4, -0.2) is 29.8 Å². The van der Waals surface area contributed by atoms with Crippen LogP contribution in [0.5, 0.6) is 0 Å². The van der Waals surface area contributed by atoms with Crippen LogP contribution in [0.25, 0.3) is 0 Å². The van der Waals surface area contributed by atoms with Crippen molar-refractivity contribution >= 4 is 34.5 Å². The monoisotopic (exact) mass is 374 g/mol. The van der Waals surface area contributed by atoms with E-state index in [4.69, 9.17) is 0 Å². The average Bonchev–Trinajstić information content (AvgIpc) is 3.39. The van der Waals surface area contributed by atoms with E-state index in [1.165, 1.54) is 15.3 Å². The highest BCUT2D eigenvalue weighted by Crippen LogP contribution is 2.33. The van der Waals surface area contributed by atoms with Gasteiger partial charge in [-0.15, -0.1) is 22.7 Å². The minimum absolute atomic E-state index is 0.0248. The molecule has 1 N–H and O–H groups in total. The molecular formula is C19H22N2O2S2. The second-order valence-corrected chi connectivity index (χ2v) is 8.96. The Bertz CT molecular complexity index is 760. The average molecular weight is 375 g/mol. The van der Waals surface area contributed by atoms with E-state index >= 15 is 0 Å². The Balaban J connectivity index is 1.39. The van der Waals surface area contributed by atoms with Crippen LogP contribution in [0.15, 0.2) is 23.6 Å². The van der Waals surface area contributed by atoms with Crippen LogP contribution in [0.4, 0.5) is 0 Å². The number of hydrogen-bond acceptors (Lipinski definition) is 4. The number of rotatable bonds is 4. The smallest absolute Gasteiger partial charge is 0.263 e. The quantitative estimate of drug-likeness (QED) is 0.891. The van der Waals surface area contributed by atoms with E-state index in [-0.39, 0.29) is 17.7 Å². The third-order valence-corrected chi connectivity index (χ3v) is 7.18. The molecule has 132 valence electrons. The van der Waals surface area contributed by atoms with E-state index in [9.17, 15) is 9.59 Å². The lowest BCUT2D eigenvalue weighted by atomic mass is 9.87. The first-order valence-corrected chi connectivity index (χ1v) is 10.6. The maximum Gasteiger partial charge on any atom is 0.263 e. The summed E-state index contributed by atoms with van der Waals surface area (Å²) < 4.78 is 0. The molecule has 2 aromatic rings. The zero-order valence-corrected chi connectivity index (χ0v) is 15.8. The predicted molar refractivity (Wildman–Crippen MR) is 101 cm³/mol. The van der Waals surface area contributed by atoms with Crippen molar-refractivity contribution in [1.82, 2.24) is 10.2 Å². The van der Waals surface area contributed by atoms with Gasteiger partial charge in [-0.05, 0) is 55.2 Å². The van der Waals surface area contributed by atoms with Crippen molar-refractivity contribution in [2.45, 2.75) is 38.6 Å². The Morgan fingerprint density at radius 1 is 1.28 bits per heavy atom. The number of carbonyl (C=O) groups is 2. The summed E-state index contributed by atoms with van der Waals surface area (Å²) in [5.41, 5.74) is 1.20. The van der Waals surface area contributed by atoms with Gasteiger partial charge in [0.2, 0.25) is 5.91 Å². The normalized spacial score (nSPS) is 19.7. The van der Waals surface area contributed by atoms with Crippen LogP contribution in [0, 0.1) is 5.92 Å². The van der Waals surface area contributed by atoms with Gasteiger partial charge in [0.05, 0.1) is 11.4 Å². The molecule has 0 bridgehead atoms. The summed E-state index contributed by atoms with van der Waals surface area (Å²) >= 11 is 3.30. The molecule has 4 rings (SSSR count). The maximum atomic E-state index is 12.6. The molecule has 0 aromatic carbocycles. The fourth-order valence-corrected chi connectivity index (χ4v) is 5.48. The predicted octanol–water partition coefficient (Wildman–Crippen LogP) is 3.47. The van der Waals surface area contributed by atoms with Gasteiger partial charge in [-0.2, -0.15) is 0 Å². The molecule has 1 fully saturated rings. The van der Waals surface area contributed by atoms with Crippen LogP contribution in [0.1, 0.15) is 44.3 Å². The van der Waals surface area contributed by atoms with Gasteiger partial charge in [0.25, 0.3) is 5.91 Å². The van der Waals surface area contributed by atoms with Gasteiger partial charge in [0.15, 0.2) is 0 Å². The van der Waals surface area contributed by atoms with Crippen molar-refractivity contribution < 1.29 is 9.59 Å². The molecule has 0 saturated carbocycles. The van der Waals surface area contributed by atoms with Crippen molar-refractivity contribution in [1.29, 1.82) is 0 Å². The van der Waals surface area contributed by atoms with E-state index < -0.39 is 0 Å². The second kappa shape index (κ2) is 7.30. The van der Waals surface area contributed by atoms with Gasteiger partial charge in [0.1, 0.15) is 0 Å². The molecule has 0 unspecified atom stereocenters. The fourth-order valence-electron chi connectivity index (χ4n) is 3.66. The van der Waals surface area contributed by atoms with Crippen molar-refractivity contribution in [3.8, 4) is 0 Å². The highest BCUT2D eigenvalue weighted by molar-refractivity contribution is 7.14. The molecule has 0 radical (unpaired) electrons. The topological polar surface area (TPSA) is 49.4 Å². The Hall–Kier alpha value is -1.66. The van der Waals surface area contributed by atoms with Crippen molar-refractivity contribution in [2.75, 3.05) is 13.1 Å². The van der Waals surface area contributed by atoms with Crippen molar-refractivity contribution in [2.24, 2.45) is 5.92 Å². The second-order valence-electron chi connectivity index (χ2n) is 6.80. The molecule has 1 aliphatic carbocycles. The molecule has 1 atom stereocenters. The van der Waals surface area contributed by atoms with Gasteiger partial charge in [-0.1, -0.05) is 6.07 Å². The molecule has 2 aromatic heterocycles. The number of amides is 2. The van der Waals surface area contributed by atoms with E-state index in [2.05, 4.69) is 5.32 Å². The van der Waals surface area contributed by atoms with Crippen LogP contribution in [0.3, 0.4) is 0 Å². The third-order valence-electron chi connectivity index (χ3n) is 5.07. The standard InChI is InChI=1S/C19H22N2O2S2/c22-18(20-12-15-4-3-9-24-15)13-5-6-16-14(10-13)11-17(25-16)19(23)21-7-1-2-8-21/h3-4,9,11,13H,1-2,5-8,10,12H2,(H,20,22)/t13-/m0/s1. The summed E-state index contributed by atoms with van der Waals surface area (Å²) in [5, 5.41) is 5.09. The van der Waals surface area contributed by atoms with Crippen LogP contribution < -0.4 is 5.32 Å². The van der Waals surface area contributed by atoms with Crippen LogP contribution in [0.2, 0.25) is 0 Å². The van der Waals surface area contributed by atoms with E-state index in [1.54, 1.807) is 22.7 Å². The number of aryl methyl sites for hydroxylation is 1. The van der Waals surface area contributed by atoms with Crippen LogP contribution >= 0.6 is 22.7 Å². The zero-order valence-electron chi connectivity index (χ0n) is 14.1. The SMILES string of the molecule is O=C(NCc1cccs1)[C@H]1CCc2sc(C(=O)N3CCCC3)cc2C1. The van der Waals surface area contributed by atoms with Crippen LogP contribution in [-0.2, 0) is 24.2 Å². The summed E-state index contributed by atoms with van der Waals surface area (Å²) in [6.45, 7) is 2.38. The summed E-state index contributed by atoms with van der Waals surface area (Å²) in [4.78, 5) is 30.3. The fraction of sp³-hybridized carbons (Fsp3) is 0.474. The minimum atomic E-state index is 0.0248. The Kier molecular flexibility index (Phi) is 4.90. The Morgan fingerprint density at radius 3 is 2.88 bits per heavy atom. The first-order chi connectivity index (χ1) is 12.2. The number of thiophene rings is 2. The summed E-state index contributed by atoms with van der Waals surface area (Å²) in [6.07, 6.45) is 4.77. The minimum Gasteiger partial charge on any atom is -0.351 e. The highest BCUT2D eigenvalue weighted by Gasteiger charge is 2.29. The summed E-state index contributed by atoms with van der Waals surface area (Å²) in [6, 6.07) is 6.09. The van der Waals surface area contributed by atoms with Gasteiger partial charge in [-0.25, -0.2) is 0 Å². The number of fused-ring (bicyclic) bond motifs is 1. The Labute approximate surface area is 155 Å². The number of nitrogens with one attached hydrogen (secondary N) is 1. The van der Waals surface area contributed by atoms with Crippen molar-refractivity contribution in [3.63, 3.8) is 0 Å². The van der Waals surface area contributed by atoms with Gasteiger partial charge >= 0.3 is 0 Å². The largest absolute Gasteiger partial charge is 0.351 e. The lowest BCUT2D eigenvalue weighted by Crippen LogP contribution is -2.33. The summed E-state index contributed by atoms with van der Waals surface area (Å²) in [5.74, 6) is 0.338. The zero-order chi connectivity index (χ0) is 17.2. The molecule has 25 heavy (non-hydrogen) atoms. The molecule has 2 amide bonds. The van der Waals surface area contributed by atoms with Crippen molar-refractivity contribution in [3.05, 3.63) is 43.8 Å². The molecular weight excluding hydrogens is 352 g/mol.